The summed E-state index contributed by atoms with van der Waals surface area (Å²) in [5, 5.41) is 29.7. The highest BCUT2D eigenvalue weighted by molar-refractivity contribution is 5.91. The summed E-state index contributed by atoms with van der Waals surface area (Å²) in [5.74, 6) is -1.38. The largest absolute Gasteiger partial charge is 0.388 e. The van der Waals surface area contributed by atoms with Crippen LogP contribution in [0.2, 0.25) is 0 Å². The lowest BCUT2D eigenvalue weighted by Crippen LogP contribution is -2.63. The minimum atomic E-state index is -1.31. The van der Waals surface area contributed by atoms with Crippen LogP contribution in [0.25, 0.3) is 0 Å². The van der Waals surface area contributed by atoms with Crippen molar-refractivity contribution >= 4 is 35.2 Å². The van der Waals surface area contributed by atoms with Gasteiger partial charge in [-0.1, -0.05) is 12.1 Å². The fraction of sp³-hybridized carbons (Fsp3) is 0.633. The van der Waals surface area contributed by atoms with E-state index >= 15 is 0 Å². The van der Waals surface area contributed by atoms with Crippen LogP contribution in [-0.4, -0.2) is 130 Å². The Morgan fingerprint density at radius 1 is 1.00 bits per heavy atom. The molecule has 5 N–H and O–H groups in total. The molecule has 1 aliphatic carbocycles. The zero-order valence-electron chi connectivity index (χ0n) is 24.7. The first-order valence-electron chi connectivity index (χ1n) is 15.4. The van der Waals surface area contributed by atoms with Crippen molar-refractivity contribution in [3.63, 3.8) is 0 Å². The summed E-state index contributed by atoms with van der Waals surface area (Å²) in [6, 6.07) is 5.47. The number of aliphatic hydroxyl groups excluding tert-OH is 2. The Bertz CT molecular complexity index is 1300. The fourth-order valence-electron chi connectivity index (χ4n) is 6.77. The Morgan fingerprint density at radius 2 is 1.73 bits per heavy atom. The van der Waals surface area contributed by atoms with Crippen molar-refractivity contribution in [1.29, 1.82) is 0 Å². The minimum absolute atomic E-state index is 0.0230. The highest BCUT2D eigenvalue weighted by atomic mass is 16.5. The molecular formula is C30H40N6O8. The maximum Gasteiger partial charge on any atom is 0.244 e. The number of anilines is 1. The predicted octanol–water partition coefficient (Wildman–Crippen LogP) is -1.84. The summed E-state index contributed by atoms with van der Waals surface area (Å²) in [6.45, 7) is 2.64. The van der Waals surface area contributed by atoms with Gasteiger partial charge < -0.3 is 40.7 Å². The average Bonchev–Trinajstić information content (AvgIpc) is 3.73. The summed E-state index contributed by atoms with van der Waals surface area (Å²) >= 11 is 0. The summed E-state index contributed by atoms with van der Waals surface area (Å²) in [6.07, 6.45) is -2.81. The van der Waals surface area contributed by atoms with Crippen LogP contribution in [0.15, 0.2) is 24.3 Å². The summed E-state index contributed by atoms with van der Waals surface area (Å²) in [7, 11) is 0. The van der Waals surface area contributed by atoms with Crippen LogP contribution in [0.3, 0.4) is 0 Å². The normalized spacial score (nSPS) is 33.2. The van der Waals surface area contributed by atoms with Crippen molar-refractivity contribution in [3.8, 4) is 0 Å². The lowest BCUT2D eigenvalue weighted by Gasteiger charge is -2.42. The molecule has 44 heavy (non-hydrogen) atoms. The number of piperazine rings is 1. The van der Waals surface area contributed by atoms with E-state index in [1.807, 2.05) is 17.0 Å². The third-order valence-corrected chi connectivity index (χ3v) is 9.24. The van der Waals surface area contributed by atoms with Crippen LogP contribution in [0.5, 0.6) is 0 Å². The lowest BCUT2D eigenvalue weighted by atomic mass is 10.0. The molecule has 14 heteroatoms. The van der Waals surface area contributed by atoms with Crippen LogP contribution < -0.4 is 16.0 Å². The number of fused-ring (bicyclic) bond motifs is 6. The van der Waals surface area contributed by atoms with E-state index in [1.165, 1.54) is 6.92 Å². The third-order valence-electron chi connectivity index (χ3n) is 9.24. The highest BCUT2D eigenvalue weighted by Crippen LogP contribution is 2.33. The molecular weight excluding hydrogens is 572 g/mol. The van der Waals surface area contributed by atoms with Gasteiger partial charge in [0.2, 0.25) is 29.5 Å². The average molecular weight is 613 g/mol. The number of carbonyl (C=O) groups excluding carboxylic acids is 5. The molecule has 0 aromatic heterocycles. The fourth-order valence-corrected chi connectivity index (χ4v) is 6.77. The van der Waals surface area contributed by atoms with Crippen LogP contribution in [0.1, 0.15) is 38.2 Å². The zero-order chi connectivity index (χ0) is 31.1. The number of carbonyl (C=O) groups is 5. The molecule has 4 heterocycles. The maximum absolute atomic E-state index is 14.1. The summed E-state index contributed by atoms with van der Waals surface area (Å²) in [5.41, 5.74) is 1.57. The van der Waals surface area contributed by atoms with E-state index in [0.29, 0.717) is 25.2 Å². The van der Waals surface area contributed by atoms with Crippen molar-refractivity contribution < 1.29 is 38.9 Å². The van der Waals surface area contributed by atoms with Crippen LogP contribution >= 0.6 is 0 Å². The molecule has 1 aromatic carbocycles. The molecule has 0 unspecified atom stereocenters. The topological polar surface area (TPSA) is 181 Å². The number of aliphatic hydroxyl groups is 2. The van der Waals surface area contributed by atoms with Gasteiger partial charge in [0.15, 0.2) is 0 Å². The number of nitrogens with zero attached hydrogens (tertiary/aromatic N) is 3. The first kappa shape index (κ1) is 30.4. The number of benzene rings is 1. The Balaban J connectivity index is 1.26. The van der Waals surface area contributed by atoms with Gasteiger partial charge in [0.25, 0.3) is 0 Å². The zero-order valence-corrected chi connectivity index (χ0v) is 24.7. The molecule has 5 fully saturated rings. The van der Waals surface area contributed by atoms with Crippen molar-refractivity contribution in [2.75, 3.05) is 38.0 Å². The standard InChI is InChI=1S/C30H40N6O8/c1-16(37)32-19-6-2-17(3-7-19)13-35-14-20-10-21(35)30(43)34-8-9-36(29(42)18-4-5-18)22(15-34)28(41)31-12-24-27(40)26(39)23(44-24)11-25(38)33-20/h2-3,6-7,18,20-24,26-27,39-40H,4-5,8-15H2,1H3,(H,31,41)(H,32,37)(H,33,38)/t20-,21-,22-,23-,24+,26-,27+/m0/s1. The molecule has 0 spiro atoms. The molecule has 0 radical (unpaired) electrons. The Labute approximate surface area is 255 Å². The Kier molecular flexibility index (Phi) is 8.59. The minimum Gasteiger partial charge on any atom is -0.388 e. The Hall–Kier alpha value is -3.59. The van der Waals surface area contributed by atoms with E-state index < -0.39 is 42.4 Å². The lowest BCUT2D eigenvalue weighted by molar-refractivity contribution is -0.151. The van der Waals surface area contributed by atoms with Crippen LogP contribution in [0.4, 0.5) is 5.69 Å². The molecule has 7 atom stereocenters. The molecule has 6 bridgehead atoms. The predicted molar refractivity (Wildman–Crippen MR) is 155 cm³/mol. The smallest absolute Gasteiger partial charge is 0.244 e. The van der Waals surface area contributed by atoms with Crippen LogP contribution in [-0.2, 0) is 35.3 Å². The Morgan fingerprint density at radius 3 is 2.43 bits per heavy atom. The van der Waals surface area contributed by atoms with Crippen molar-refractivity contribution in [1.82, 2.24) is 25.3 Å². The molecule has 14 nitrogen and oxygen atoms in total. The van der Waals surface area contributed by atoms with Crippen molar-refractivity contribution in [3.05, 3.63) is 29.8 Å². The molecule has 4 saturated heterocycles. The number of likely N-dealkylation sites (tertiary alicyclic amines) is 1. The van der Waals surface area contributed by atoms with Gasteiger partial charge in [0.05, 0.1) is 25.1 Å². The quantitative estimate of drug-likeness (QED) is 0.261. The van der Waals surface area contributed by atoms with E-state index in [0.717, 1.165) is 18.4 Å². The molecule has 1 aromatic rings. The van der Waals surface area contributed by atoms with Gasteiger partial charge in [0, 0.05) is 57.3 Å². The highest BCUT2D eigenvalue weighted by Gasteiger charge is 2.48. The summed E-state index contributed by atoms with van der Waals surface area (Å²) in [4.78, 5) is 70.4. The number of rotatable bonds is 4. The summed E-state index contributed by atoms with van der Waals surface area (Å²) < 4.78 is 5.80. The van der Waals surface area contributed by atoms with E-state index in [9.17, 15) is 34.2 Å². The number of ether oxygens (including phenoxy) is 1. The van der Waals surface area contributed by atoms with E-state index in [4.69, 9.17) is 4.74 Å². The van der Waals surface area contributed by atoms with Gasteiger partial charge in [-0.3, -0.25) is 28.9 Å². The van der Waals surface area contributed by atoms with Gasteiger partial charge in [-0.15, -0.1) is 0 Å². The van der Waals surface area contributed by atoms with E-state index in [1.54, 1.807) is 21.9 Å². The first-order valence-corrected chi connectivity index (χ1v) is 15.4. The second kappa shape index (κ2) is 12.4. The monoisotopic (exact) mass is 612 g/mol. The molecule has 238 valence electrons. The molecule has 1 saturated carbocycles. The number of amides is 5. The SMILES string of the molecule is CC(=O)Nc1ccc(CN2C[C@@H]3C[C@H]2C(=O)N2CCN(C(=O)C4CC4)[C@@H](C2)C(=O)NC[C@H]2O[C@@H](CC(=O)N3)[C@H](O)[C@@H]2O)cc1. The van der Waals surface area contributed by atoms with Crippen molar-refractivity contribution in [2.45, 2.75) is 81.7 Å². The van der Waals surface area contributed by atoms with E-state index in [-0.39, 0.29) is 68.2 Å². The molecule has 5 aliphatic rings. The number of hydrogen-bond donors (Lipinski definition) is 5. The van der Waals surface area contributed by atoms with Gasteiger partial charge in [0.1, 0.15) is 24.4 Å². The van der Waals surface area contributed by atoms with Crippen molar-refractivity contribution in [2.24, 2.45) is 5.92 Å². The third kappa shape index (κ3) is 6.43. The van der Waals surface area contributed by atoms with Crippen LogP contribution in [0, 0.1) is 5.92 Å². The van der Waals surface area contributed by atoms with Gasteiger partial charge in [-0.05, 0) is 37.0 Å². The van der Waals surface area contributed by atoms with E-state index in [2.05, 4.69) is 16.0 Å². The van der Waals surface area contributed by atoms with Gasteiger partial charge in [-0.2, -0.15) is 0 Å². The molecule has 5 amide bonds. The second-order valence-electron chi connectivity index (χ2n) is 12.6. The second-order valence-corrected chi connectivity index (χ2v) is 12.6. The number of hydrogen-bond acceptors (Lipinski definition) is 9. The molecule has 4 aliphatic heterocycles. The van der Waals surface area contributed by atoms with Gasteiger partial charge >= 0.3 is 0 Å². The maximum atomic E-state index is 14.1. The molecule has 6 rings (SSSR count). The first-order chi connectivity index (χ1) is 21.1. The van der Waals surface area contributed by atoms with Gasteiger partial charge in [-0.25, -0.2) is 0 Å². The number of nitrogens with one attached hydrogen (secondary N) is 3.